The summed E-state index contributed by atoms with van der Waals surface area (Å²) in [5.74, 6) is -4.46. The third kappa shape index (κ3) is 5.18. The molecule has 5 fully saturated rings. The fraction of sp³-hybridized carbons (Fsp3) is 1.00. The van der Waals surface area contributed by atoms with E-state index in [9.17, 15) is 5.11 Å². The number of aliphatic hydroxyl groups excluding tert-OH is 1. The number of methoxy groups -OCH3 is 2. The number of nitrogens with zero attached hydrogens (tertiary/aromatic N) is 3. The van der Waals surface area contributed by atoms with Crippen molar-refractivity contribution < 1.29 is 57.2 Å². The van der Waals surface area contributed by atoms with Gasteiger partial charge in [0.1, 0.15) is 42.7 Å². The van der Waals surface area contributed by atoms with Gasteiger partial charge in [-0.05, 0) is 47.1 Å². The highest BCUT2D eigenvalue weighted by atomic mass is 16.9. The van der Waals surface area contributed by atoms with E-state index in [1.165, 1.54) is 14.2 Å². The minimum absolute atomic E-state index is 0.0425. The molecule has 5 aliphatic heterocycles. The second-order valence-corrected chi connectivity index (χ2v) is 11.5. The van der Waals surface area contributed by atoms with Gasteiger partial charge in [0, 0.05) is 19.1 Å². The van der Waals surface area contributed by atoms with Gasteiger partial charge in [-0.1, -0.05) is 5.11 Å². The quantitative estimate of drug-likeness (QED) is 0.269. The molecule has 0 unspecified atom stereocenters. The van der Waals surface area contributed by atoms with E-state index in [1.807, 2.05) is 13.8 Å². The molecule has 5 rings (SSSR count). The van der Waals surface area contributed by atoms with Gasteiger partial charge in [-0.25, -0.2) is 0 Å². The Morgan fingerprint density at radius 2 is 1.31 bits per heavy atom. The summed E-state index contributed by atoms with van der Waals surface area (Å²) in [5, 5.41) is 15.0. The fourth-order valence-electron chi connectivity index (χ4n) is 5.79. The van der Waals surface area contributed by atoms with Crippen LogP contribution in [-0.4, -0.2) is 117 Å². The van der Waals surface area contributed by atoms with Crippen LogP contribution < -0.4 is 0 Å². The van der Waals surface area contributed by atoms with Crippen LogP contribution in [0.5, 0.6) is 0 Å². The maximum Gasteiger partial charge on any atom is 0.220 e. The summed E-state index contributed by atoms with van der Waals surface area (Å²) in [5.41, 5.74) is 8.94. The lowest BCUT2D eigenvalue weighted by atomic mass is 9.93. The molecule has 222 valence electrons. The lowest BCUT2D eigenvalue weighted by Crippen LogP contribution is -2.73. The van der Waals surface area contributed by atoms with Crippen molar-refractivity contribution in [3.8, 4) is 0 Å². The molecule has 0 spiro atoms. The smallest absolute Gasteiger partial charge is 0.220 e. The Hall–Kier alpha value is -1.17. The van der Waals surface area contributed by atoms with E-state index in [0.717, 1.165) is 0 Å². The number of aliphatic hydroxyl groups is 1. The van der Waals surface area contributed by atoms with Crippen molar-refractivity contribution in [3.05, 3.63) is 10.4 Å². The van der Waals surface area contributed by atoms with Crippen molar-refractivity contribution in [1.29, 1.82) is 0 Å². The summed E-state index contributed by atoms with van der Waals surface area (Å²) in [6.45, 7) is 10.4. The maximum absolute atomic E-state index is 11.3. The molecule has 0 bridgehead atoms. The van der Waals surface area contributed by atoms with E-state index in [2.05, 4.69) is 10.0 Å². The van der Waals surface area contributed by atoms with E-state index in [1.54, 1.807) is 27.7 Å². The second-order valence-electron chi connectivity index (χ2n) is 11.5. The van der Waals surface area contributed by atoms with Crippen molar-refractivity contribution in [1.82, 2.24) is 0 Å². The van der Waals surface area contributed by atoms with Crippen LogP contribution in [0.15, 0.2) is 5.11 Å². The van der Waals surface area contributed by atoms with E-state index in [4.69, 9.17) is 57.6 Å². The van der Waals surface area contributed by atoms with Gasteiger partial charge in [-0.15, -0.1) is 0 Å². The predicted octanol–water partition coefficient (Wildman–Crippen LogP) is 1.30. The monoisotopic (exact) mass is 561 g/mol. The van der Waals surface area contributed by atoms with Crippen molar-refractivity contribution in [2.24, 2.45) is 5.11 Å². The molecule has 0 amide bonds. The van der Waals surface area contributed by atoms with Crippen molar-refractivity contribution >= 4 is 0 Å². The van der Waals surface area contributed by atoms with Gasteiger partial charge in [-0.3, -0.25) is 0 Å². The van der Waals surface area contributed by atoms with Gasteiger partial charge >= 0.3 is 0 Å². The van der Waals surface area contributed by atoms with Crippen LogP contribution in [0.1, 0.15) is 41.5 Å². The molecule has 5 saturated heterocycles. The Morgan fingerprint density at radius 1 is 0.744 bits per heavy atom. The van der Waals surface area contributed by atoms with Crippen LogP contribution in [0.2, 0.25) is 0 Å². The zero-order valence-corrected chi connectivity index (χ0v) is 23.5. The molecular weight excluding hydrogens is 522 g/mol. The van der Waals surface area contributed by atoms with Gasteiger partial charge in [0.15, 0.2) is 24.2 Å². The molecule has 0 saturated carbocycles. The largest absolute Gasteiger partial charge is 0.385 e. The van der Waals surface area contributed by atoms with Crippen molar-refractivity contribution in [2.45, 2.75) is 126 Å². The minimum atomic E-state index is -1.38. The molecule has 5 heterocycles. The Labute approximate surface area is 226 Å². The van der Waals surface area contributed by atoms with E-state index in [-0.39, 0.29) is 13.2 Å². The predicted molar refractivity (Wildman–Crippen MR) is 128 cm³/mol. The molecule has 0 aliphatic carbocycles. The molecule has 1 N–H and O–H groups in total. The Balaban J connectivity index is 1.34. The normalized spacial score (nSPS) is 50.0. The number of azide groups is 1. The third-order valence-electron chi connectivity index (χ3n) is 7.94. The molecule has 0 aromatic heterocycles. The molecule has 12 atom stereocenters. The van der Waals surface area contributed by atoms with Gasteiger partial charge in [0.05, 0.1) is 19.3 Å². The number of rotatable bonds is 7. The number of ether oxygens (including phenoxy) is 11. The van der Waals surface area contributed by atoms with Crippen LogP contribution in [0.3, 0.4) is 0 Å². The molecule has 15 nitrogen and oxygen atoms in total. The molecule has 0 aromatic rings. The molecule has 0 aromatic carbocycles. The molecule has 0 radical (unpaired) electrons. The Bertz CT molecular complexity index is 965. The van der Waals surface area contributed by atoms with E-state index >= 15 is 0 Å². The second kappa shape index (κ2) is 10.3. The molecule has 15 heteroatoms. The van der Waals surface area contributed by atoms with E-state index in [0.29, 0.717) is 0 Å². The number of hydrogen-bond donors (Lipinski definition) is 1. The van der Waals surface area contributed by atoms with Crippen molar-refractivity contribution in [3.63, 3.8) is 0 Å². The summed E-state index contributed by atoms with van der Waals surface area (Å²) in [4.78, 5) is 2.84. The summed E-state index contributed by atoms with van der Waals surface area (Å²) in [7, 11) is 2.90. The van der Waals surface area contributed by atoms with Crippen molar-refractivity contribution in [2.75, 3.05) is 27.4 Å². The number of hydrogen-bond acceptors (Lipinski definition) is 13. The van der Waals surface area contributed by atoms with Crippen LogP contribution in [0, 0.1) is 0 Å². The molecule has 39 heavy (non-hydrogen) atoms. The first-order valence-electron chi connectivity index (χ1n) is 13.0. The zero-order chi connectivity index (χ0) is 28.4. The maximum atomic E-state index is 11.3. The summed E-state index contributed by atoms with van der Waals surface area (Å²) >= 11 is 0. The average molecular weight is 562 g/mol. The lowest BCUT2D eigenvalue weighted by molar-refractivity contribution is -0.478. The highest BCUT2D eigenvalue weighted by Crippen LogP contribution is 2.46. The van der Waals surface area contributed by atoms with Crippen LogP contribution in [0.25, 0.3) is 10.4 Å². The summed E-state index contributed by atoms with van der Waals surface area (Å²) in [6.07, 6.45) is -7.93. The first-order chi connectivity index (χ1) is 18.3. The zero-order valence-electron chi connectivity index (χ0n) is 23.5. The highest BCUT2D eigenvalue weighted by Gasteiger charge is 2.63. The van der Waals surface area contributed by atoms with Gasteiger partial charge < -0.3 is 57.2 Å². The Kier molecular flexibility index (Phi) is 7.73. The summed E-state index contributed by atoms with van der Waals surface area (Å²) < 4.78 is 66.2. The van der Waals surface area contributed by atoms with Gasteiger partial charge in [0.2, 0.25) is 11.6 Å². The van der Waals surface area contributed by atoms with Gasteiger partial charge in [-0.2, -0.15) is 0 Å². The molecular formula is C24H39N3O12. The summed E-state index contributed by atoms with van der Waals surface area (Å²) in [6, 6.07) is 0. The Morgan fingerprint density at radius 3 is 1.95 bits per heavy atom. The average Bonchev–Trinajstić information content (AvgIpc) is 3.37. The number of fused-ring (bicyclic) bond motifs is 4. The lowest BCUT2D eigenvalue weighted by Gasteiger charge is -2.56. The van der Waals surface area contributed by atoms with E-state index < -0.39 is 84.6 Å². The van der Waals surface area contributed by atoms with Gasteiger partial charge in [0.25, 0.3) is 0 Å². The first kappa shape index (κ1) is 29.3. The van der Waals surface area contributed by atoms with Crippen LogP contribution in [-0.2, 0) is 52.1 Å². The SMILES string of the molecule is CO[C@@]1(C)O[C@@H]2[C@H](O)[C@@H](OC[C@H]3O[C@@H]4OC(C)(C)O[C@@H]4[C@H]4OC(C)(C)O[C@H]43)O[C@H](CN=[N+]=[N-])[C@H]2O[C@]1(C)OC. The topological polar surface area (TPSA) is 171 Å². The third-order valence-corrected chi connectivity index (χ3v) is 7.94. The van der Waals surface area contributed by atoms with Crippen LogP contribution >= 0.6 is 0 Å². The highest BCUT2D eigenvalue weighted by molar-refractivity contribution is 5.02. The van der Waals surface area contributed by atoms with Crippen LogP contribution in [0.4, 0.5) is 0 Å². The fourth-order valence-corrected chi connectivity index (χ4v) is 5.79. The standard InChI is InChI=1S/C24H39N3O12/c1-21(2)34-15-12(33-20-18(17(15)35-21)36-22(3,4)39-20)10-31-19-13(28)16-14(11(32-19)9-26-27-25)37-23(5,29-7)24(6,30-8)38-16/h11-20,28H,9-10H2,1-8H3/t11-,12-,13+,14-,15+,16-,17+,18-,19+,20-,23+,24+/m1/s1. The first-order valence-corrected chi connectivity index (χ1v) is 13.0. The minimum Gasteiger partial charge on any atom is -0.385 e. The molecule has 5 aliphatic rings.